The van der Waals surface area contributed by atoms with E-state index in [1.54, 1.807) is 0 Å². The van der Waals surface area contributed by atoms with Crippen LogP contribution in [-0.4, -0.2) is 76.3 Å². The Hall–Kier alpha value is -4.04. The second-order valence-electron chi connectivity index (χ2n) is 9.03. The smallest absolute Gasteiger partial charge is 0.263 e. The van der Waals surface area contributed by atoms with Gasteiger partial charge in [-0.3, -0.25) is 14.5 Å². The fourth-order valence-electron chi connectivity index (χ4n) is 5.01. The Labute approximate surface area is 202 Å². The molecule has 4 heterocycles. The van der Waals surface area contributed by atoms with Crippen molar-refractivity contribution in [1.29, 1.82) is 0 Å². The van der Waals surface area contributed by atoms with Gasteiger partial charge < -0.3 is 14.8 Å². The fourth-order valence-corrected chi connectivity index (χ4v) is 5.01. The van der Waals surface area contributed by atoms with Gasteiger partial charge in [0.2, 0.25) is 5.95 Å². The average molecular weight is 467 g/mol. The number of amides is 2. The van der Waals surface area contributed by atoms with Crippen molar-refractivity contribution in [3.8, 4) is 0 Å². The van der Waals surface area contributed by atoms with Gasteiger partial charge in [0, 0.05) is 60.8 Å². The summed E-state index contributed by atoms with van der Waals surface area (Å²) in [4.78, 5) is 46.1. The van der Waals surface area contributed by atoms with Crippen LogP contribution in [0, 0.1) is 0 Å². The van der Waals surface area contributed by atoms with E-state index in [1.807, 2.05) is 61.7 Å². The number of aromatic amines is 1. The molecule has 4 aromatic rings. The third kappa shape index (κ3) is 3.40. The number of rotatable bonds is 4. The topological polar surface area (TPSA) is 85.4 Å². The third-order valence-electron chi connectivity index (χ3n) is 6.96. The molecule has 0 saturated carbocycles. The summed E-state index contributed by atoms with van der Waals surface area (Å²) >= 11 is 0. The molecule has 0 aliphatic carbocycles. The van der Waals surface area contributed by atoms with Crippen molar-refractivity contribution in [1.82, 2.24) is 24.8 Å². The quantitative estimate of drug-likeness (QED) is 0.465. The van der Waals surface area contributed by atoms with E-state index in [9.17, 15) is 9.59 Å². The first-order valence-electron chi connectivity index (χ1n) is 11.9. The van der Waals surface area contributed by atoms with Crippen LogP contribution < -0.4 is 4.90 Å². The van der Waals surface area contributed by atoms with Crippen LogP contribution >= 0.6 is 0 Å². The van der Waals surface area contributed by atoms with Crippen LogP contribution in [0.2, 0.25) is 0 Å². The Morgan fingerprint density at radius 2 is 1.54 bits per heavy atom. The van der Waals surface area contributed by atoms with Gasteiger partial charge in [0.25, 0.3) is 11.8 Å². The first-order valence-corrected chi connectivity index (χ1v) is 11.9. The fraction of sp³-hybridized carbons (Fsp3) is 0.259. The van der Waals surface area contributed by atoms with Gasteiger partial charge in [0.15, 0.2) is 0 Å². The number of aromatic nitrogens is 3. The Morgan fingerprint density at radius 3 is 2.31 bits per heavy atom. The summed E-state index contributed by atoms with van der Waals surface area (Å²) in [6.45, 7) is 5.54. The number of piperazine rings is 1. The SMILES string of the molecule is CCN1C(=O)C(c2nc(N3CCN(C)CC3)nc3ccccc23)=C(c2c[nH]c3ccccc23)C1=O. The van der Waals surface area contributed by atoms with Crippen LogP contribution in [0.3, 0.4) is 0 Å². The summed E-state index contributed by atoms with van der Waals surface area (Å²) in [5.41, 5.74) is 3.63. The van der Waals surface area contributed by atoms with E-state index < -0.39 is 0 Å². The van der Waals surface area contributed by atoms with E-state index >= 15 is 0 Å². The molecule has 0 atom stereocenters. The molecule has 0 unspecified atom stereocenters. The van der Waals surface area contributed by atoms with Crippen molar-refractivity contribution in [3.05, 3.63) is 66.0 Å². The molecular weight excluding hydrogens is 440 g/mol. The second-order valence-corrected chi connectivity index (χ2v) is 9.03. The number of benzene rings is 2. The molecule has 0 bridgehead atoms. The van der Waals surface area contributed by atoms with Gasteiger partial charge in [-0.15, -0.1) is 0 Å². The number of imide groups is 1. The molecule has 1 N–H and O–H groups in total. The molecule has 2 aliphatic heterocycles. The molecule has 176 valence electrons. The molecule has 1 saturated heterocycles. The van der Waals surface area contributed by atoms with Crippen molar-refractivity contribution in [3.63, 3.8) is 0 Å². The van der Waals surface area contributed by atoms with E-state index in [1.165, 1.54) is 4.90 Å². The van der Waals surface area contributed by atoms with Gasteiger partial charge in [-0.2, -0.15) is 0 Å². The van der Waals surface area contributed by atoms with Crippen LogP contribution in [-0.2, 0) is 9.59 Å². The minimum Gasteiger partial charge on any atom is -0.361 e. The summed E-state index contributed by atoms with van der Waals surface area (Å²) < 4.78 is 0. The lowest BCUT2D eigenvalue weighted by Crippen LogP contribution is -2.45. The molecule has 6 rings (SSSR count). The minimum atomic E-state index is -0.314. The molecular formula is C27H26N6O2. The molecule has 2 amide bonds. The number of likely N-dealkylation sites (N-methyl/N-ethyl adjacent to an activating group) is 2. The zero-order chi connectivity index (χ0) is 24.1. The van der Waals surface area contributed by atoms with E-state index in [4.69, 9.17) is 9.97 Å². The number of hydrogen-bond acceptors (Lipinski definition) is 6. The molecule has 0 radical (unpaired) electrons. The predicted octanol–water partition coefficient (Wildman–Crippen LogP) is 3.16. The molecule has 1 fully saturated rings. The molecule has 8 nitrogen and oxygen atoms in total. The number of fused-ring (bicyclic) bond motifs is 2. The largest absolute Gasteiger partial charge is 0.361 e. The highest BCUT2D eigenvalue weighted by atomic mass is 16.2. The monoisotopic (exact) mass is 466 g/mol. The zero-order valence-corrected chi connectivity index (χ0v) is 19.8. The van der Waals surface area contributed by atoms with Crippen molar-refractivity contribution < 1.29 is 9.59 Å². The summed E-state index contributed by atoms with van der Waals surface area (Å²) in [5.74, 6) is -0.0140. The number of hydrogen-bond donors (Lipinski definition) is 1. The van der Waals surface area contributed by atoms with Crippen molar-refractivity contribution in [2.24, 2.45) is 0 Å². The molecule has 8 heteroatoms. The maximum atomic E-state index is 13.7. The highest BCUT2D eigenvalue weighted by molar-refractivity contribution is 6.50. The zero-order valence-electron chi connectivity index (χ0n) is 19.8. The number of para-hydroxylation sites is 2. The number of nitrogens with zero attached hydrogens (tertiary/aromatic N) is 5. The first kappa shape index (κ1) is 21.5. The van der Waals surface area contributed by atoms with Crippen LogP contribution in [0.15, 0.2) is 54.7 Å². The van der Waals surface area contributed by atoms with E-state index in [0.717, 1.165) is 48.0 Å². The number of nitrogens with one attached hydrogen (secondary N) is 1. The number of anilines is 1. The van der Waals surface area contributed by atoms with E-state index in [2.05, 4.69) is 21.8 Å². The van der Waals surface area contributed by atoms with Crippen molar-refractivity contribution in [2.45, 2.75) is 6.92 Å². The lowest BCUT2D eigenvalue weighted by Gasteiger charge is -2.32. The van der Waals surface area contributed by atoms with Gasteiger partial charge in [-0.05, 0) is 26.1 Å². The number of H-pyrrole nitrogens is 1. The van der Waals surface area contributed by atoms with Gasteiger partial charge in [-0.25, -0.2) is 9.97 Å². The summed E-state index contributed by atoms with van der Waals surface area (Å²) in [7, 11) is 2.10. The van der Waals surface area contributed by atoms with E-state index in [-0.39, 0.29) is 11.8 Å². The average Bonchev–Trinajstić information content (AvgIpc) is 3.41. The number of carbonyl (C=O) groups excluding carboxylic acids is 2. The Bertz CT molecular complexity index is 1510. The van der Waals surface area contributed by atoms with Crippen LogP contribution in [0.5, 0.6) is 0 Å². The third-order valence-corrected chi connectivity index (χ3v) is 6.96. The van der Waals surface area contributed by atoms with E-state index in [0.29, 0.717) is 34.9 Å². The maximum Gasteiger partial charge on any atom is 0.263 e. The standard InChI is InChI=1S/C27H26N6O2/c1-3-33-25(34)22(19-16-28-20-10-6-4-8-17(19)20)23(26(33)35)24-18-9-5-7-11-21(18)29-27(30-24)32-14-12-31(2)13-15-32/h4-11,16,28H,3,12-15H2,1-2H3. The van der Waals surface area contributed by atoms with Crippen LogP contribution in [0.1, 0.15) is 18.2 Å². The van der Waals surface area contributed by atoms with Gasteiger partial charge >= 0.3 is 0 Å². The lowest BCUT2D eigenvalue weighted by molar-refractivity contribution is -0.135. The summed E-state index contributed by atoms with van der Waals surface area (Å²) in [5, 5.41) is 1.66. The van der Waals surface area contributed by atoms with Crippen molar-refractivity contribution >= 4 is 50.7 Å². The van der Waals surface area contributed by atoms with Gasteiger partial charge in [0.05, 0.1) is 22.4 Å². The lowest BCUT2D eigenvalue weighted by atomic mass is 9.97. The Kier molecular flexibility index (Phi) is 5.11. The minimum absolute atomic E-state index is 0.291. The van der Waals surface area contributed by atoms with Crippen LogP contribution in [0.4, 0.5) is 5.95 Å². The molecule has 2 aromatic heterocycles. The molecule has 2 aromatic carbocycles. The number of carbonyl (C=O) groups is 2. The van der Waals surface area contributed by atoms with Crippen molar-refractivity contribution in [2.75, 3.05) is 44.7 Å². The maximum absolute atomic E-state index is 13.7. The highest BCUT2D eigenvalue weighted by Gasteiger charge is 2.41. The first-order chi connectivity index (χ1) is 17.1. The highest BCUT2D eigenvalue weighted by Crippen LogP contribution is 2.40. The summed E-state index contributed by atoms with van der Waals surface area (Å²) in [6, 6.07) is 15.5. The molecule has 2 aliphatic rings. The second kappa shape index (κ2) is 8.32. The Balaban J connectivity index is 1.62. The molecule has 35 heavy (non-hydrogen) atoms. The Morgan fingerprint density at radius 1 is 0.857 bits per heavy atom. The predicted molar refractivity (Wildman–Crippen MR) is 137 cm³/mol. The molecule has 0 spiro atoms. The summed E-state index contributed by atoms with van der Waals surface area (Å²) in [6.07, 6.45) is 1.81. The van der Waals surface area contributed by atoms with Crippen LogP contribution in [0.25, 0.3) is 33.0 Å². The van der Waals surface area contributed by atoms with Gasteiger partial charge in [-0.1, -0.05) is 36.4 Å². The van der Waals surface area contributed by atoms with Gasteiger partial charge in [0.1, 0.15) is 0 Å². The normalized spacial score (nSPS) is 17.4.